The Bertz CT molecular complexity index is 244. The summed E-state index contributed by atoms with van der Waals surface area (Å²) in [5, 5.41) is 0. The fourth-order valence-corrected chi connectivity index (χ4v) is 0.543. The van der Waals surface area contributed by atoms with Crippen LogP contribution < -0.4 is 0 Å². The molecule has 0 aromatic carbocycles. The Kier molecular flexibility index (Phi) is 6.79. The molecule has 0 amide bonds. The van der Waals surface area contributed by atoms with Crippen molar-refractivity contribution in [3.8, 4) is 23.9 Å². The molecule has 0 aromatic heterocycles. The minimum absolute atomic E-state index is 0.276. The van der Waals surface area contributed by atoms with E-state index in [0.29, 0.717) is 6.42 Å². The average Bonchev–Trinajstić information content (AvgIpc) is 2.09. The van der Waals surface area contributed by atoms with Crippen LogP contribution in [-0.4, -0.2) is 5.97 Å². The van der Waals surface area contributed by atoms with Crippen molar-refractivity contribution in [3.63, 3.8) is 0 Å². The van der Waals surface area contributed by atoms with Crippen molar-refractivity contribution >= 4 is 5.97 Å². The minimum Gasteiger partial charge on any atom is -0.371 e. The van der Waals surface area contributed by atoms with Gasteiger partial charge in [0.1, 0.15) is 6.11 Å². The summed E-state index contributed by atoms with van der Waals surface area (Å²) in [5.41, 5.74) is 0. The van der Waals surface area contributed by atoms with Crippen molar-refractivity contribution in [1.82, 2.24) is 0 Å². The van der Waals surface area contributed by atoms with Gasteiger partial charge in [-0.3, -0.25) is 4.79 Å². The molecule has 0 bridgehead atoms. The van der Waals surface area contributed by atoms with Gasteiger partial charge in [-0.2, -0.15) is 0 Å². The number of esters is 1. The van der Waals surface area contributed by atoms with E-state index in [1.165, 1.54) is 0 Å². The van der Waals surface area contributed by atoms with Gasteiger partial charge in [0, 0.05) is 12.3 Å². The molecule has 0 spiro atoms. The van der Waals surface area contributed by atoms with Crippen molar-refractivity contribution < 1.29 is 9.53 Å². The Morgan fingerprint density at radius 3 is 2.75 bits per heavy atom. The van der Waals surface area contributed by atoms with Crippen LogP contribution in [0.1, 0.15) is 33.1 Å². The number of hydrogen-bond acceptors (Lipinski definition) is 2. The highest BCUT2D eigenvalue weighted by Crippen LogP contribution is 1.94. The number of rotatable bonds is 3. The van der Waals surface area contributed by atoms with Crippen LogP contribution in [0.5, 0.6) is 0 Å². The van der Waals surface area contributed by atoms with Crippen molar-refractivity contribution in [2.75, 3.05) is 0 Å². The van der Waals surface area contributed by atoms with Crippen molar-refractivity contribution in [2.24, 2.45) is 0 Å². The molecule has 0 saturated heterocycles. The SMILES string of the molecule is CC#CC#COC(=O)CCCC. The molecular weight excluding hydrogens is 152 g/mol. The first-order chi connectivity index (χ1) is 5.81. The molecule has 0 aromatic rings. The summed E-state index contributed by atoms with van der Waals surface area (Å²) in [7, 11) is 0. The first-order valence-corrected chi connectivity index (χ1v) is 3.92. The highest BCUT2D eigenvalue weighted by molar-refractivity contribution is 5.70. The summed E-state index contributed by atoms with van der Waals surface area (Å²) in [5.74, 6) is 7.15. The van der Waals surface area contributed by atoms with Crippen LogP contribution in [-0.2, 0) is 9.53 Å². The molecule has 2 heteroatoms. The second-order valence-electron chi connectivity index (χ2n) is 2.18. The fraction of sp³-hybridized carbons (Fsp3) is 0.500. The molecule has 0 aliphatic rings. The van der Waals surface area contributed by atoms with Gasteiger partial charge in [-0.1, -0.05) is 19.3 Å². The van der Waals surface area contributed by atoms with Gasteiger partial charge in [0.05, 0.1) is 0 Å². The predicted molar refractivity (Wildman–Crippen MR) is 46.8 cm³/mol. The van der Waals surface area contributed by atoms with Crippen molar-refractivity contribution in [2.45, 2.75) is 33.1 Å². The third-order valence-corrected chi connectivity index (χ3v) is 1.14. The molecular formula is C10H12O2. The van der Waals surface area contributed by atoms with E-state index in [4.69, 9.17) is 0 Å². The first-order valence-electron chi connectivity index (χ1n) is 3.92. The van der Waals surface area contributed by atoms with Crippen LogP contribution in [0.2, 0.25) is 0 Å². The molecule has 0 heterocycles. The van der Waals surface area contributed by atoms with E-state index in [1.807, 2.05) is 6.92 Å². The zero-order valence-corrected chi connectivity index (χ0v) is 7.44. The van der Waals surface area contributed by atoms with Gasteiger partial charge in [0.15, 0.2) is 0 Å². The van der Waals surface area contributed by atoms with E-state index in [0.717, 1.165) is 12.8 Å². The van der Waals surface area contributed by atoms with Crippen LogP contribution in [0.25, 0.3) is 0 Å². The monoisotopic (exact) mass is 164 g/mol. The largest absolute Gasteiger partial charge is 0.371 e. The number of ether oxygens (including phenoxy) is 1. The summed E-state index contributed by atoms with van der Waals surface area (Å²) in [6, 6.07) is 0. The average molecular weight is 164 g/mol. The van der Waals surface area contributed by atoms with Crippen LogP contribution in [0.4, 0.5) is 0 Å². The third kappa shape index (κ3) is 6.71. The smallest absolute Gasteiger partial charge is 0.319 e. The summed E-state index contributed by atoms with van der Waals surface area (Å²) in [6.07, 6.45) is 4.49. The molecule has 2 nitrogen and oxygen atoms in total. The standard InChI is InChI=1S/C10H12O2/c1-3-5-7-9-12-10(11)8-6-4-2/h4,6,8H2,1-2H3. The van der Waals surface area contributed by atoms with Crippen LogP contribution in [0.3, 0.4) is 0 Å². The lowest BCUT2D eigenvalue weighted by Gasteiger charge is -1.92. The lowest BCUT2D eigenvalue weighted by atomic mass is 10.3. The lowest BCUT2D eigenvalue weighted by molar-refractivity contribution is -0.136. The van der Waals surface area contributed by atoms with Crippen molar-refractivity contribution in [3.05, 3.63) is 0 Å². The summed E-state index contributed by atoms with van der Waals surface area (Å²) in [6.45, 7) is 3.69. The van der Waals surface area contributed by atoms with Gasteiger partial charge in [0.25, 0.3) is 0 Å². The molecule has 0 aliphatic heterocycles. The van der Waals surface area contributed by atoms with Gasteiger partial charge in [-0.25, -0.2) is 0 Å². The van der Waals surface area contributed by atoms with E-state index in [2.05, 4.69) is 28.6 Å². The maximum Gasteiger partial charge on any atom is 0.319 e. The number of hydrogen-bond donors (Lipinski definition) is 0. The van der Waals surface area contributed by atoms with Gasteiger partial charge in [-0.15, -0.1) is 0 Å². The normalized spacial score (nSPS) is 7.17. The molecule has 0 radical (unpaired) electrons. The maximum atomic E-state index is 10.8. The number of unbranched alkanes of at least 4 members (excludes halogenated alkanes) is 1. The third-order valence-electron chi connectivity index (χ3n) is 1.14. The molecule has 0 N–H and O–H groups in total. The minimum atomic E-state index is -0.276. The molecule has 0 atom stereocenters. The summed E-state index contributed by atoms with van der Waals surface area (Å²) in [4.78, 5) is 10.8. The van der Waals surface area contributed by atoms with Crippen LogP contribution in [0, 0.1) is 23.9 Å². The Labute approximate surface area is 73.3 Å². The first kappa shape index (κ1) is 10.6. The van der Waals surface area contributed by atoms with E-state index in [1.54, 1.807) is 6.92 Å². The van der Waals surface area contributed by atoms with E-state index in [-0.39, 0.29) is 5.97 Å². The Balaban J connectivity index is 3.56. The molecule has 0 rings (SSSR count). The highest BCUT2D eigenvalue weighted by atomic mass is 16.5. The number of carbonyl (C=O) groups is 1. The molecule has 0 aliphatic carbocycles. The molecule has 0 unspecified atom stereocenters. The summed E-state index contributed by atoms with van der Waals surface area (Å²) >= 11 is 0. The zero-order valence-electron chi connectivity index (χ0n) is 7.44. The lowest BCUT2D eigenvalue weighted by Crippen LogP contribution is -1.98. The highest BCUT2D eigenvalue weighted by Gasteiger charge is 1.97. The fourth-order valence-electron chi connectivity index (χ4n) is 0.543. The van der Waals surface area contributed by atoms with E-state index < -0.39 is 0 Å². The Morgan fingerprint density at radius 2 is 2.17 bits per heavy atom. The van der Waals surface area contributed by atoms with Gasteiger partial charge in [-0.05, 0) is 19.3 Å². The maximum absolute atomic E-state index is 10.8. The summed E-state index contributed by atoms with van der Waals surface area (Å²) < 4.78 is 4.54. The second kappa shape index (κ2) is 7.69. The van der Waals surface area contributed by atoms with E-state index >= 15 is 0 Å². The topological polar surface area (TPSA) is 26.3 Å². The molecule has 0 saturated carbocycles. The van der Waals surface area contributed by atoms with E-state index in [9.17, 15) is 4.79 Å². The van der Waals surface area contributed by atoms with Gasteiger partial charge in [0.2, 0.25) is 0 Å². The molecule has 0 fully saturated rings. The Hall–Kier alpha value is -1.41. The molecule has 64 valence electrons. The second-order valence-corrected chi connectivity index (χ2v) is 2.18. The van der Waals surface area contributed by atoms with Crippen molar-refractivity contribution in [1.29, 1.82) is 0 Å². The van der Waals surface area contributed by atoms with Crippen LogP contribution >= 0.6 is 0 Å². The Morgan fingerprint density at radius 1 is 1.42 bits per heavy atom. The van der Waals surface area contributed by atoms with Gasteiger partial charge < -0.3 is 4.74 Å². The zero-order chi connectivity index (χ0) is 9.23. The predicted octanol–water partition coefficient (Wildman–Crippen LogP) is 1.70. The number of carbonyl (C=O) groups excluding carboxylic acids is 1. The van der Waals surface area contributed by atoms with Gasteiger partial charge >= 0.3 is 5.97 Å². The quantitative estimate of drug-likeness (QED) is 0.469. The van der Waals surface area contributed by atoms with Crippen LogP contribution in [0.15, 0.2) is 0 Å². The molecule has 12 heavy (non-hydrogen) atoms.